The van der Waals surface area contributed by atoms with Crippen molar-refractivity contribution in [1.29, 1.82) is 5.26 Å². The molecule has 14 heavy (non-hydrogen) atoms. The van der Waals surface area contributed by atoms with Crippen LogP contribution in [0.4, 0.5) is 8.78 Å². The van der Waals surface area contributed by atoms with Gasteiger partial charge in [0.15, 0.2) is 0 Å². The maximum Gasteiger partial charge on any atom is 1.00 e. The first kappa shape index (κ1) is 13.7. The van der Waals surface area contributed by atoms with E-state index in [-0.39, 0.29) is 29.6 Å². The summed E-state index contributed by atoms with van der Waals surface area (Å²) < 4.78 is 46.0. The second kappa shape index (κ2) is 5.53. The van der Waals surface area contributed by atoms with Crippen LogP contribution in [0.1, 0.15) is 5.56 Å². The normalized spacial score (nSPS) is 11.3. The van der Waals surface area contributed by atoms with Crippen LogP contribution >= 0.6 is 0 Å². The topological polar surface area (TPSA) is 63.9 Å². The second-order valence-electron chi connectivity index (χ2n) is 2.11. The van der Waals surface area contributed by atoms with Gasteiger partial charge in [-0.2, -0.15) is 5.26 Å². The molecule has 0 aliphatic carbocycles. The van der Waals surface area contributed by atoms with Crippen molar-refractivity contribution in [2.24, 2.45) is 0 Å². The van der Waals surface area contributed by atoms with E-state index < -0.39 is 33.2 Å². The maximum absolute atomic E-state index is 12.8. The van der Waals surface area contributed by atoms with Crippen LogP contribution in [0.2, 0.25) is 0 Å². The van der Waals surface area contributed by atoms with Gasteiger partial charge in [-0.05, 0) is 17.1 Å². The van der Waals surface area contributed by atoms with Crippen molar-refractivity contribution < 1.29 is 47.1 Å². The number of hydrogen-bond acceptors (Lipinski definition) is 3. The van der Waals surface area contributed by atoms with Crippen LogP contribution in [0.25, 0.3) is 0 Å². The summed E-state index contributed by atoms with van der Waals surface area (Å²) in [7, 11) is 0. The maximum atomic E-state index is 12.8. The van der Waals surface area contributed by atoms with E-state index in [1.165, 1.54) is 6.07 Å². The molecule has 1 atom stereocenters. The molecule has 0 aliphatic heterocycles. The van der Waals surface area contributed by atoms with Crippen LogP contribution in [-0.4, -0.2) is 8.76 Å². The molecule has 1 unspecified atom stereocenters. The average Bonchev–Trinajstić information content (AvgIpc) is 2.01. The van der Waals surface area contributed by atoms with Gasteiger partial charge < -0.3 is 4.55 Å². The Bertz CT molecular complexity index is 419. The Labute approximate surface area is 103 Å². The molecule has 7 heteroatoms. The zero-order valence-corrected chi connectivity index (χ0v) is 9.90. The standard InChI is InChI=1S/C7H3F2NO2S.Na/c8-5-1-4(3-10)7(13(11)12)6(9)2-5;/h1-2H,(H,11,12);/q;+1/p-1. The van der Waals surface area contributed by atoms with Gasteiger partial charge in [0.1, 0.15) is 17.7 Å². The molecule has 0 heterocycles. The molecular formula is C7H2F2NNaO2S. The van der Waals surface area contributed by atoms with Crippen molar-refractivity contribution in [3.63, 3.8) is 0 Å². The molecule has 1 rings (SSSR count). The molecule has 0 bridgehead atoms. The van der Waals surface area contributed by atoms with E-state index in [9.17, 15) is 17.5 Å². The predicted molar refractivity (Wildman–Crippen MR) is 38.3 cm³/mol. The van der Waals surface area contributed by atoms with Gasteiger partial charge in [0.2, 0.25) is 0 Å². The molecule has 0 aliphatic rings. The van der Waals surface area contributed by atoms with Crippen LogP contribution in [0.3, 0.4) is 0 Å². The van der Waals surface area contributed by atoms with Gasteiger partial charge in [0.25, 0.3) is 0 Å². The third kappa shape index (κ3) is 2.83. The van der Waals surface area contributed by atoms with Crippen LogP contribution in [0.5, 0.6) is 0 Å². The number of benzene rings is 1. The molecule has 0 aromatic heterocycles. The SMILES string of the molecule is N#Cc1cc(F)cc(F)c1S(=O)[O-].[Na+]. The summed E-state index contributed by atoms with van der Waals surface area (Å²) in [5.74, 6) is -2.24. The van der Waals surface area contributed by atoms with E-state index in [0.717, 1.165) is 0 Å². The van der Waals surface area contributed by atoms with E-state index in [1.807, 2.05) is 0 Å². The van der Waals surface area contributed by atoms with Crippen molar-refractivity contribution in [2.75, 3.05) is 0 Å². The van der Waals surface area contributed by atoms with Crippen LogP contribution < -0.4 is 29.6 Å². The third-order valence-corrected chi connectivity index (χ3v) is 2.04. The van der Waals surface area contributed by atoms with Crippen molar-refractivity contribution in [2.45, 2.75) is 4.90 Å². The molecule has 3 nitrogen and oxygen atoms in total. The molecule has 0 saturated carbocycles. The zero-order chi connectivity index (χ0) is 10.0. The number of nitrogens with zero attached hydrogens (tertiary/aromatic N) is 1. The molecule has 68 valence electrons. The summed E-state index contributed by atoms with van der Waals surface area (Å²) in [6.07, 6.45) is 0. The Balaban J connectivity index is 0.00000169. The fourth-order valence-electron chi connectivity index (χ4n) is 0.813. The molecule has 0 saturated heterocycles. The first-order valence-electron chi connectivity index (χ1n) is 3.04. The fraction of sp³-hybridized carbons (Fsp3) is 0. The molecule has 0 radical (unpaired) electrons. The Hall–Kier alpha value is -0.320. The molecule has 1 aromatic rings. The number of rotatable bonds is 1. The number of nitriles is 1. The minimum atomic E-state index is -2.87. The van der Waals surface area contributed by atoms with Gasteiger partial charge in [-0.3, -0.25) is 4.21 Å². The van der Waals surface area contributed by atoms with Crippen molar-refractivity contribution in [3.05, 3.63) is 29.3 Å². The quantitative estimate of drug-likeness (QED) is 0.413. The molecule has 0 amide bonds. The smallest absolute Gasteiger partial charge is 0.768 e. The van der Waals surface area contributed by atoms with Crippen LogP contribution in [0, 0.1) is 23.0 Å². The molecule has 0 fully saturated rings. The van der Waals surface area contributed by atoms with Crippen molar-refractivity contribution in [1.82, 2.24) is 0 Å². The Kier molecular flexibility index (Phi) is 5.41. The molecular weight excluding hydrogens is 223 g/mol. The largest absolute Gasteiger partial charge is 1.00 e. The van der Waals surface area contributed by atoms with Gasteiger partial charge in [-0.15, -0.1) is 0 Å². The summed E-state index contributed by atoms with van der Waals surface area (Å²) in [6.45, 7) is 0. The number of halogens is 2. The van der Waals surface area contributed by atoms with E-state index in [1.54, 1.807) is 0 Å². The summed E-state index contributed by atoms with van der Waals surface area (Å²) in [5.41, 5.74) is -0.536. The van der Waals surface area contributed by atoms with Gasteiger partial charge in [-0.25, -0.2) is 8.78 Å². The number of hydrogen-bond donors (Lipinski definition) is 0. The minimum absolute atomic E-state index is 0. The zero-order valence-electron chi connectivity index (χ0n) is 7.08. The van der Waals surface area contributed by atoms with E-state index in [2.05, 4.69) is 0 Å². The van der Waals surface area contributed by atoms with E-state index >= 15 is 0 Å². The Morgan fingerprint density at radius 3 is 2.43 bits per heavy atom. The monoisotopic (exact) mass is 225 g/mol. The van der Waals surface area contributed by atoms with Gasteiger partial charge in [0.05, 0.1) is 10.5 Å². The summed E-state index contributed by atoms with van der Waals surface area (Å²) in [6, 6.07) is 2.46. The summed E-state index contributed by atoms with van der Waals surface area (Å²) in [5, 5.41) is 8.36. The second-order valence-corrected chi connectivity index (χ2v) is 2.99. The first-order chi connectivity index (χ1) is 6.06. The van der Waals surface area contributed by atoms with E-state index in [4.69, 9.17) is 5.26 Å². The molecule has 1 aromatic carbocycles. The van der Waals surface area contributed by atoms with Crippen LogP contribution in [-0.2, 0) is 11.1 Å². The van der Waals surface area contributed by atoms with Crippen molar-refractivity contribution >= 4 is 11.1 Å². The van der Waals surface area contributed by atoms with Gasteiger partial charge >= 0.3 is 29.6 Å². The predicted octanol–water partition coefficient (Wildman–Crippen LogP) is -1.92. The van der Waals surface area contributed by atoms with Gasteiger partial charge in [0, 0.05) is 6.07 Å². The third-order valence-electron chi connectivity index (χ3n) is 1.30. The summed E-state index contributed by atoms with van der Waals surface area (Å²) in [4.78, 5) is -0.802. The Morgan fingerprint density at radius 1 is 1.43 bits per heavy atom. The van der Waals surface area contributed by atoms with Crippen LogP contribution in [0.15, 0.2) is 17.0 Å². The summed E-state index contributed by atoms with van der Waals surface area (Å²) >= 11 is -2.87. The minimum Gasteiger partial charge on any atom is -0.768 e. The first-order valence-corrected chi connectivity index (χ1v) is 4.12. The fourth-order valence-corrected chi connectivity index (χ4v) is 1.32. The molecule has 0 spiro atoms. The average molecular weight is 225 g/mol. The van der Waals surface area contributed by atoms with Crippen molar-refractivity contribution in [3.8, 4) is 6.07 Å². The molecule has 0 N–H and O–H groups in total. The Morgan fingerprint density at radius 2 is 2.00 bits per heavy atom. The van der Waals surface area contributed by atoms with E-state index in [0.29, 0.717) is 12.1 Å². The van der Waals surface area contributed by atoms with Gasteiger partial charge in [-0.1, -0.05) is 0 Å².